The summed E-state index contributed by atoms with van der Waals surface area (Å²) in [5.41, 5.74) is 0.545. The number of esters is 1. The predicted molar refractivity (Wildman–Crippen MR) is 75.4 cm³/mol. The molecule has 1 aromatic carbocycles. The summed E-state index contributed by atoms with van der Waals surface area (Å²) in [6.45, 7) is 5.93. The van der Waals surface area contributed by atoms with Crippen LogP contribution in [0.3, 0.4) is 0 Å². The summed E-state index contributed by atoms with van der Waals surface area (Å²) in [4.78, 5) is 12.1. The Morgan fingerprint density at radius 2 is 1.85 bits per heavy atom. The van der Waals surface area contributed by atoms with Gasteiger partial charge in [-0.25, -0.2) is 4.79 Å². The minimum Gasteiger partial charge on any atom is -0.456 e. The monoisotopic (exact) mass is 278 g/mol. The molecular weight excluding hydrogens is 256 g/mol. The normalized spacial score (nSPS) is 33.7. The molecule has 1 saturated heterocycles. The van der Waals surface area contributed by atoms with Crippen molar-refractivity contribution in [1.29, 1.82) is 0 Å². The molecule has 1 aliphatic rings. The van der Waals surface area contributed by atoms with Crippen LogP contribution in [-0.4, -0.2) is 36.0 Å². The number of benzene rings is 1. The maximum Gasteiger partial charge on any atom is 0.338 e. The van der Waals surface area contributed by atoms with E-state index < -0.39 is 0 Å². The fraction of sp³-hybridized carbons (Fsp3) is 0.562. The van der Waals surface area contributed by atoms with Crippen LogP contribution in [0.2, 0.25) is 0 Å². The van der Waals surface area contributed by atoms with Crippen molar-refractivity contribution in [2.75, 3.05) is 6.61 Å². The number of carbonyl (C=O) groups excluding carboxylic acids is 1. The van der Waals surface area contributed by atoms with Crippen LogP contribution >= 0.6 is 0 Å². The molecule has 0 aromatic heterocycles. The molecule has 110 valence electrons. The summed E-state index contributed by atoms with van der Waals surface area (Å²) >= 11 is 0. The first-order valence-corrected chi connectivity index (χ1v) is 7.07. The molecule has 1 fully saturated rings. The van der Waals surface area contributed by atoms with Gasteiger partial charge in [0, 0.05) is 5.92 Å². The third-order valence-corrected chi connectivity index (χ3v) is 4.22. The van der Waals surface area contributed by atoms with E-state index in [1.807, 2.05) is 39.0 Å². The van der Waals surface area contributed by atoms with E-state index in [2.05, 4.69) is 0 Å². The summed E-state index contributed by atoms with van der Waals surface area (Å²) in [7, 11) is 0. The molecule has 0 bridgehead atoms. The smallest absolute Gasteiger partial charge is 0.338 e. The molecule has 0 aliphatic carbocycles. The van der Waals surface area contributed by atoms with E-state index in [0.717, 1.165) is 0 Å². The molecule has 1 heterocycles. The largest absolute Gasteiger partial charge is 0.456 e. The Bertz CT molecular complexity index is 445. The van der Waals surface area contributed by atoms with Crippen LogP contribution in [0.5, 0.6) is 0 Å². The number of hydrogen-bond donors (Lipinski definition) is 1. The van der Waals surface area contributed by atoms with Crippen LogP contribution in [0.1, 0.15) is 31.1 Å². The fourth-order valence-electron chi connectivity index (χ4n) is 2.72. The lowest BCUT2D eigenvalue weighted by atomic mass is 9.82. The van der Waals surface area contributed by atoms with Crippen molar-refractivity contribution in [2.45, 2.75) is 39.1 Å². The van der Waals surface area contributed by atoms with E-state index in [9.17, 15) is 9.90 Å². The molecule has 2 rings (SSSR count). The van der Waals surface area contributed by atoms with Crippen LogP contribution in [0.15, 0.2) is 30.3 Å². The van der Waals surface area contributed by atoms with E-state index in [4.69, 9.17) is 9.47 Å². The molecule has 4 heteroatoms. The van der Waals surface area contributed by atoms with Crippen LogP contribution in [-0.2, 0) is 9.47 Å². The van der Waals surface area contributed by atoms with Crippen molar-refractivity contribution in [1.82, 2.24) is 0 Å². The van der Waals surface area contributed by atoms with E-state index >= 15 is 0 Å². The number of aliphatic hydroxyl groups is 1. The lowest BCUT2D eigenvalue weighted by Gasteiger charge is -2.42. The number of rotatable bonds is 3. The lowest BCUT2D eigenvalue weighted by molar-refractivity contribution is -0.173. The Labute approximate surface area is 119 Å². The molecule has 0 spiro atoms. The standard InChI is InChI=1S/C16H22O4/c1-10-11(2)15(12(3)19-14(10)9-17)20-16(18)13-7-5-4-6-8-13/h4-8,10-12,14-15,17H,9H2,1-3H3. The zero-order chi connectivity index (χ0) is 14.7. The first-order valence-electron chi connectivity index (χ1n) is 7.07. The van der Waals surface area contributed by atoms with Crippen molar-refractivity contribution in [3.63, 3.8) is 0 Å². The highest BCUT2D eigenvalue weighted by Gasteiger charge is 2.41. The lowest BCUT2D eigenvalue weighted by Crippen LogP contribution is -2.51. The zero-order valence-electron chi connectivity index (χ0n) is 12.2. The molecule has 5 atom stereocenters. The molecular formula is C16H22O4. The van der Waals surface area contributed by atoms with Gasteiger partial charge >= 0.3 is 5.97 Å². The van der Waals surface area contributed by atoms with Crippen LogP contribution < -0.4 is 0 Å². The molecule has 1 aliphatic heterocycles. The van der Waals surface area contributed by atoms with Crippen LogP contribution in [0, 0.1) is 11.8 Å². The van der Waals surface area contributed by atoms with Gasteiger partial charge in [-0.15, -0.1) is 0 Å². The predicted octanol–water partition coefficient (Wildman–Crippen LogP) is 2.26. The van der Waals surface area contributed by atoms with E-state index in [1.165, 1.54) is 0 Å². The van der Waals surface area contributed by atoms with Crippen molar-refractivity contribution < 1.29 is 19.4 Å². The molecule has 0 amide bonds. The van der Waals surface area contributed by atoms with Gasteiger partial charge in [-0.3, -0.25) is 0 Å². The van der Waals surface area contributed by atoms with E-state index in [0.29, 0.717) is 5.56 Å². The molecule has 4 nitrogen and oxygen atoms in total. The Morgan fingerprint density at radius 1 is 1.20 bits per heavy atom. The highest BCUT2D eigenvalue weighted by molar-refractivity contribution is 5.89. The summed E-state index contributed by atoms with van der Waals surface area (Å²) in [5.74, 6) is -0.0408. The molecule has 1 aromatic rings. The highest BCUT2D eigenvalue weighted by atomic mass is 16.6. The van der Waals surface area contributed by atoms with Gasteiger partial charge in [-0.2, -0.15) is 0 Å². The number of aliphatic hydroxyl groups excluding tert-OH is 1. The van der Waals surface area contributed by atoms with Gasteiger partial charge in [0.1, 0.15) is 6.10 Å². The Hall–Kier alpha value is -1.39. The topological polar surface area (TPSA) is 55.8 Å². The van der Waals surface area contributed by atoms with Crippen molar-refractivity contribution in [3.8, 4) is 0 Å². The van der Waals surface area contributed by atoms with E-state index in [1.54, 1.807) is 12.1 Å². The van der Waals surface area contributed by atoms with Gasteiger partial charge < -0.3 is 14.6 Å². The number of hydrogen-bond acceptors (Lipinski definition) is 4. The van der Waals surface area contributed by atoms with Gasteiger partial charge in [0.15, 0.2) is 0 Å². The van der Waals surface area contributed by atoms with Crippen LogP contribution in [0.25, 0.3) is 0 Å². The van der Waals surface area contributed by atoms with E-state index in [-0.39, 0.29) is 42.7 Å². The maximum atomic E-state index is 12.1. The van der Waals surface area contributed by atoms with Gasteiger partial charge in [0.2, 0.25) is 0 Å². The SMILES string of the molecule is CC1OC(CO)C(C)C(C)C1OC(=O)c1ccccc1. The molecule has 0 saturated carbocycles. The average molecular weight is 278 g/mol. The van der Waals surface area contributed by atoms with Crippen molar-refractivity contribution in [2.24, 2.45) is 11.8 Å². The zero-order valence-corrected chi connectivity index (χ0v) is 12.2. The second-order valence-electron chi connectivity index (χ2n) is 5.52. The van der Waals surface area contributed by atoms with Gasteiger partial charge in [0.25, 0.3) is 0 Å². The summed E-state index contributed by atoms with van der Waals surface area (Å²) in [6, 6.07) is 8.96. The van der Waals surface area contributed by atoms with Gasteiger partial charge in [0.05, 0.1) is 24.4 Å². The second kappa shape index (κ2) is 6.37. The molecule has 5 unspecified atom stereocenters. The third-order valence-electron chi connectivity index (χ3n) is 4.22. The summed E-state index contributed by atoms with van der Waals surface area (Å²) < 4.78 is 11.4. The molecule has 1 N–H and O–H groups in total. The fourth-order valence-corrected chi connectivity index (χ4v) is 2.72. The average Bonchev–Trinajstić information content (AvgIpc) is 2.48. The second-order valence-corrected chi connectivity index (χ2v) is 5.52. The quantitative estimate of drug-likeness (QED) is 0.862. The third kappa shape index (κ3) is 3.02. The van der Waals surface area contributed by atoms with Crippen molar-refractivity contribution in [3.05, 3.63) is 35.9 Å². The summed E-state index contributed by atoms with van der Waals surface area (Å²) in [6.07, 6.45) is -0.696. The number of ether oxygens (including phenoxy) is 2. The summed E-state index contributed by atoms with van der Waals surface area (Å²) in [5, 5.41) is 9.31. The maximum absolute atomic E-state index is 12.1. The Kier molecular flexibility index (Phi) is 4.78. The highest BCUT2D eigenvalue weighted by Crippen LogP contribution is 2.32. The Balaban J connectivity index is 2.07. The number of carbonyl (C=O) groups is 1. The molecule has 20 heavy (non-hydrogen) atoms. The van der Waals surface area contributed by atoms with Gasteiger partial charge in [-0.1, -0.05) is 32.0 Å². The first-order chi connectivity index (χ1) is 9.54. The van der Waals surface area contributed by atoms with Crippen LogP contribution in [0.4, 0.5) is 0 Å². The van der Waals surface area contributed by atoms with Crippen molar-refractivity contribution >= 4 is 5.97 Å². The first kappa shape index (κ1) is 15.0. The Morgan fingerprint density at radius 3 is 2.45 bits per heavy atom. The minimum atomic E-state index is -0.326. The van der Waals surface area contributed by atoms with Gasteiger partial charge in [-0.05, 0) is 25.0 Å². The minimum absolute atomic E-state index is 0.00476. The molecule has 0 radical (unpaired) electrons.